The lowest BCUT2D eigenvalue weighted by Gasteiger charge is -2.08. The van der Waals surface area contributed by atoms with Crippen LogP contribution in [0.2, 0.25) is 0 Å². The maximum atomic E-state index is 4.59. The van der Waals surface area contributed by atoms with E-state index < -0.39 is 0 Å². The zero-order chi connectivity index (χ0) is 12.1. The van der Waals surface area contributed by atoms with Crippen LogP contribution in [0.25, 0.3) is 0 Å². The quantitative estimate of drug-likeness (QED) is 0.628. The highest BCUT2D eigenvalue weighted by molar-refractivity contribution is 14.1. The van der Waals surface area contributed by atoms with Crippen LogP contribution in [-0.4, -0.2) is 7.99 Å². The molecular weight excluding hydrogens is 323 g/mol. The summed E-state index contributed by atoms with van der Waals surface area (Å²) in [5, 5.41) is 4.59. The van der Waals surface area contributed by atoms with Crippen LogP contribution in [0.15, 0.2) is 0 Å². The molecule has 0 fully saturated rings. The zero-order valence-corrected chi connectivity index (χ0v) is 13.0. The van der Waals surface area contributed by atoms with E-state index in [1.807, 2.05) is 0 Å². The molecule has 2 rings (SSSR count). The molecule has 0 aliphatic heterocycles. The fourth-order valence-electron chi connectivity index (χ4n) is 2.80. The molecule has 0 unspecified atom stereocenters. The second-order valence-corrected chi connectivity index (χ2v) is 6.11. The van der Waals surface area contributed by atoms with Crippen molar-refractivity contribution in [3.8, 4) is 0 Å². The largest absolute Gasteiger partial charge is 0.208 e. The summed E-state index contributed by atoms with van der Waals surface area (Å²) in [7, 11) is 0. The molecule has 1 aliphatic rings. The number of aryl methyl sites for hydroxylation is 1. The van der Waals surface area contributed by atoms with Crippen molar-refractivity contribution in [1.82, 2.24) is 7.99 Å². The van der Waals surface area contributed by atoms with Gasteiger partial charge in [-0.25, -0.2) is 2.90 Å². The van der Waals surface area contributed by atoms with Crippen LogP contribution in [-0.2, 0) is 12.8 Å². The Labute approximate surface area is 119 Å². The highest BCUT2D eigenvalue weighted by Gasteiger charge is 2.13. The van der Waals surface area contributed by atoms with Crippen LogP contribution in [0.1, 0.15) is 68.3 Å². The third-order valence-electron chi connectivity index (χ3n) is 3.84. The van der Waals surface area contributed by atoms with Gasteiger partial charge in [-0.15, -0.1) is 0 Å². The van der Waals surface area contributed by atoms with E-state index in [0.29, 0.717) is 0 Å². The lowest BCUT2D eigenvalue weighted by Crippen LogP contribution is -1.98. The van der Waals surface area contributed by atoms with Gasteiger partial charge < -0.3 is 0 Å². The normalized spacial score (nSPS) is 19.2. The van der Waals surface area contributed by atoms with Gasteiger partial charge in [-0.05, 0) is 38.2 Å². The molecular formula is C14H23IN2. The second-order valence-electron chi connectivity index (χ2n) is 5.20. The monoisotopic (exact) mass is 346 g/mol. The number of halogens is 1. The minimum atomic E-state index is 1.22. The standard InChI is InChI=1S/C14H23IN2/c1-12-13-10-8-6-4-2-3-5-7-9-11-14(13)17(15)16-12/h2-11H2,1H3. The van der Waals surface area contributed by atoms with Gasteiger partial charge >= 0.3 is 0 Å². The van der Waals surface area contributed by atoms with Crippen LogP contribution in [0.4, 0.5) is 0 Å². The molecule has 0 amide bonds. The third-order valence-corrected chi connectivity index (χ3v) is 4.63. The Bertz CT molecular complexity index is 325. The predicted octanol–water partition coefficient (Wildman–Crippen LogP) is 4.61. The van der Waals surface area contributed by atoms with E-state index >= 15 is 0 Å². The van der Waals surface area contributed by atoms with Crippen LogP contribution in [0.5, 0.6) is 0 Å². The Morgan fingerprint density at radius 1 is 0.882 bits per heavy atom. The molecule has 0 spiro atoms. The number of aromatic nitrogens is 2. The van der Waals surface area contributed by atoms with E-state index in [1.54, 1.807) is 5.56 Å². The lowest BCUT2D eigenvalue weighted by atomic mass is 9.98. The van der Waals surface area contributed by atoms with Gasteiger partial charge in [0.1, 0.15) is 0 Å². The van der Waals surface area contributed by atoms with Gasteiger partial charge in [-0.2, -0.15) is 5.10 Å². The zero-order valence-electron chi connectivity index (χ0n) is 10.8. The van der Waals surface area contributed by atoms with Crippen molar-refractivity contribution >= 4 is 22.9 Å². The molecule has 0 saturated carbocycles. The molecule has 0 aromatic carbocycles. The Hall–Kier alpha value is -0.0600. The molecule has 17 heavy (non-hydrogen) atoms. The fraction of sp³-hybridized carbons (Fsp3) is 0.786. The molecule has 1 aliphatic carbocycles. The van der Waals surface area contributed by atoms with Gasteiger partial charge in [0.05, 0.1) is 34.3 Å². The van der Waals surface area contributed by atoms with Gasteiger partial charge in [-0.1, -0.05) is 38.5 Å². The molecule has 3 heteroatoms. The van der Waals surface area contributed by atoms with E-state index in [0.717, 1.165) is 0 Å². The van der Waals surface area contributed by atoms with Crippen molar-refractivity contribution in [2.24, 2.45) is 0 Å². The van der Waals surface area contributed by atoms with Crippen molar-refractivity contribution in [3.63, 3.8) is 0 Å². The summed E-state index contributed by atoms with van der Waals surface area (Å²) in [5.74, 6) is 0. The van der Waals surface area contributed by atoms with E-state index in [9.17, 15) is 0 Å². The van der Waals surface area contributed by atoms with Crippen LogP contribution in [0, 0.1) is 6.92 Å². The van der Waals surface area contributed by atoms with E-state index in [1.165, 1.54) is 75.6 Å². The first-order valence-electron chi connectivity index (χ1n) is 7.02. The van der Waals surface area contributed by atoms with E-state index in [4.69, 9.17) is 0 Å². The van der Waals surface area contributed by atoms with Crippen molar-refractivity contribution in [2.75, 3.05) is 0 Å². The molecule has 1 aromatic rings. The fourth-order valence-corrected chi connectivity index (χ4v) is 3.65. The molecule has 96 valence electrons. The van der Waals surface area contributed by atoms with E-state index in [2.05, 4.69) is 37.8 Å². The number of nitrogens with zero attached hydrogens (tertiary/aromatic N) is 2. The van der Waals surface area contributed by atoms with Gasteiger partial charge in [0.25, 0.3) is 0 Å². The van der Waals surface area contributed by atoms with Crippen molar-refractivity contribution in [3.05, 3.63) is 17.0 Å². The van der Waals surface area contributed by atoms with Crippen LogP contribution >= 0.6 is 22.9 Å². The summed E-state index contributed by atoms with van der Waals surface area (Å²) in [6.45, 7) is 2.17. The number of hydrogen-bond acceptors (Lipinski definition) is 1. The molecule has 2 nitrogen and oxygen atoms in total. The molecule has 0 radical (unpaired) electrons. The van der Waals surface area contributed by atoms with Gasteiger partial charge in [0.15, 0.2) is 0 Å². The first-order chi connectivity index (χ1) is 8.29. The van der Waals surface area contributed by atoms with E-state index in [-0.39, 0.29) is 0 Å². The summed E-state index contributed by atoms with van der Waals surface area (Å²) < 4.78 is 2.09. The number of hydrogen-bond donors (Lipinski definition) is 0. The minimum absolute atomic E-state index is 1.22. The Morgan fingerprint density at radius 3 is 2.06 bits per heavy atom. The molecule has 1 heterocycles. The summed E-state index contributed by atoms with van der Waals surface area (Å²) in [6, 6.07) is 0. The predicted molar refractivity (Wildman–Crippen MR) is 80.7 cm³/mol. The van der Waals surface area contributed by atoms with Crippen LogP contribution < -0.4 is 0 Å². The maximum absolute atomic E-state index is 4.59. The van der Waals surface area contributed by atoms with Crippen molar-refractivity contribution < 1.29 is 0 Å². The van der Waals surface area contributed by atoms with Gasteiger partial charge in [-0.3, -0.25) is 0 Å². The number of fused-ring (bicyclic) bond motifs is 1. The average Bonchev–Trinajstić information content (AvgIpc) is 2.54. The Balaban J connectivity index is 2.09. The molecule has 0 N–H and O–H groups in total. The Kier molecular flexibility index (Phi) is 5.32. The summed E-state index contributed by atoms with van der Waals surface area (Å²) in [4.78, 5) is 0. The second kappa shape index (κ2) is 6.76. The lowest BCUT2D eigenvalue weighted by molar-refractivity contribution is 0.557. The Morgan fingerprint density at radius 2 is 1.41 bits per heavy atom. The number of rotatable bonds is 0. The summed E-state index contributed by atoms with van der Waals surface area (Å²) in [5.41, 5.74) is 4.29. The molecule has 0 saturated heterocycles. The first kappa shape index (κ1) is 13.4. The maximum Gasteiger partial charge on any atom is 0.0847 e. The summed E-state index contributed by atoms with van der Waals surface area (Å²) >= 11 is 2.34. The SMILES string of the molecule is Cc1nn(I)c2c1CCCCCCCCCC2. The van der Waals surface area contributed by atoms with Gasteiger partial charge in [0, 0.05) is 0 Å². The third kappa shape index (κ3) is 3.70. The minimum Gasteiger partial charge on any atom is -0.208 e. The molecule has 1 aromatic heterocycles. The highest BCUT2D eigenvalue weighted by atomic mass is 127. The smallest absolute Gasteiger partial charge is 0.0847 e. The van der Waals surface area contributed by atoms with Crippen LogP contribution in [0.3, 0.4) is 0 Å². The van der Waals surface area contributed by atoms with Crippen molar-refractivity contribution in [1.29, 1.82) is 0 Å². The first-order valence-corrected chi connectivity index (χ1v) is 7.99. The van der Waals surface area contributed by atoms with Crippen molar-refractivity contribution in [2.45, 2.75) is 71.1 Å². The topological polar surface area (TPSA) is 17.8 Å². The summed E-state index contributed by atoms with van der Waals surface area (Å²) in [6.07, 6.45) is 13.6. The molecule has 0 atom stereocenters. The average molecular weight is 346 g/mol. The highest BCUT2D eigenvalue weighted by Crippen LogP contribution is 2.23. The van der Waals surface area contributed by atoms with Gasteiger partial charge in [0.2, 0.25) is 0 Å². The molecule has 0 bridgehead atoms.